The summed E-state index contributed by atoms with van der Waals surface area (Å²) >= 11 is 0. The second-order valence-electron chi connectivity index (χ2n) is 9.95. The molecule has 4 rings (SSSR count). The SMILES string of the molecule is CCCN(CC(C)O)C(=O)C1=Cc2ccc(-c3ccc(C(=O)N4CC(O)C(O)C4)cc3)cc2NC(N)C1. The van der Waals surface area contributed by atoms with E-state index in [-0.39, 0.29) is 31.4 Å². The molecule has 0 bridgehead atoms. The van der Waals surface area contributed by atoms with E-state index in [1.165, 1.54) is 4.90 Å². The predicted molar refractivity (Wildman–Crippen MR) is 143 cm³/mol. The number of hydrogen-bond acceptors (Lipinski definition) is 7. The minimum Gasteiger partial charge on any atom is -0.392 e. The van der Waals surface area contributed by atoms with E-state index >= 15 is 0 Å². The number of amides is 2. The highest BCUT2D eigenvalue weighted by molar-refractivity contribution is 5.99. The van der Waals surface area contributed by atoms with Crippen LogP contribution in [0.4, 0.5) is 5.69 Å². The fraction of sp³-hybridized carbons (Fsp3) is 0.429. The normalized spacial score (nSPS) is 21.9. The van der Waals surface area contributed by atoms with Gasteiger partial charge in [-0.15, -0.1) is 0 Å². The molecular formula is C28H36N4O5. The van der Waals surface area contributed by atoms with E-state index in [1.54, 1.807) is 24.0 Å². The Morgan fingerprint density at radius 1 is 1.11 bits per heavy atom. The Morgan fingerprint density at radius 2 is 1.76 bits per heavy atom. The maximum absolute atomic E-state index is 13.2. The van der Waals surface area contributed by atoms with Crippen LogP contribution in [0.15, 0.2) is 48.0 Å². The van der Waals surface area contributed by atoms with Crippen LogP contribution in [0.3, 0.4) is 0 Å². The van der Waals surface area contributed by atoms with Gasteiger partial charge in [0, 0.05) is 49.4 Å². The van der Waals surface area contributed by atoms with Crippen LogP contribution in [-0.4, -0.2) is 87.6 Å². The van der Waals surface area contributed by atoms with E-state index in [4.69, 9.17) is 5.73 Å². The molecule has 198 valence electrons. The lowest BCUT2D eigenvalue weighted by Gasteiger charge is -2.25. The third-order valence-corrected chi connectivity index (χ3v) is 6.72. The highest BCUT2D eigenvalue weighted by atomic mass is 16.3. The highest BCUT2D eigenvalue weighted by Gasteiger charge is 2.33. The van der Waals surface area contributed by atoms with Gasteiger partial charge in [0.15, 0.2) is 0 Å². The van der Waals surface area contributed by atoms with Gasteiger partial charge in [0.1, 0.15) is 0 Å². The molecular weight excluding hydrogens is 472 g/mol. The number of benzene rings is 2. The highest BCUT2D eigenvalue weighted by Crippen LogP contribution is 2.31. The predicted octanol–water partition coefficient (Wildman–Crippen LogP) is 1.63. The van der Waals surface area contributed by atoms with E-state index in [0.29, 0.717) is 24.1 Å². The molecule has 0 radical (unpaired) electrons. The zero-order valence-corrected chi connectivity index (χ0v) is 21.3. The zero-order valence-electron chi connectivity index (χ0n) is 21.3. The summed E-state index contributed by atoms with van der Waals surface area (Å²) in [5.74, 6) is -0.345. The molecule has 4 unspecified atom stereocenters. The van der Waals surface area contributed by atoms with Crippen molar-refractivity contribution < 1.29 is 24.9 Å². The molecule has 2 heterocycles. The molecule has 0 saturated carbocycles. The number of rotatable bonds is 7. The van der Waals surface area contributed by atoms with Crippen molar-refractivity contribution >= 4 is 23.6 Å². The fourth-order valence-corrected chi connectivity index (χ4v) is 4.86. The van der Waals surface area contributed by atoms with Crippen molar-refractivity contribution in [3.8, 4) is 11.1 Å². The van der Waals surface area contributed by atoms with Gasteiger partial charge in [0.25, 0.3) is 5.91 Å². The molecule has 1 fully saturated rings. The first-order valence-electron chi connectivity index (χ1n) is 12.8. The number of β-amino-alcohol motifs (C(OH)–C–C–N with tert-alkyl or cyclic N) is 2. The Labute approximate surface area is 217 Å². The molecule has 0 spiro atoms. The van der Waals surface area contributed by atoms with Crippen molar-refractivity contribution in [3.05, 3.63) is 59.2 Å². The molecule has 37 heavy (non-hydrogen) atoms. The minimum absolute atomic E-state index is 0.116. The van der Waals surface area contributed by atoms with E-state index < -0.39 is 24.5 Å². The lowest BCUT2D eigenvalue weighted by atomic mass is 10.00. The summed E-state index contributed by atoms with van der Waals surface area (Å²) in [5.41, 5.74) is 10.9. The van der Waals surface area contributed by atoms with E-state index in [9.17, 15) is 24.9 Å². The Morgan fingerprint density at radius 3 is 2.38 bits per heavy atom. The Hall–Kier alpha value is -3.24. The van der Waals surface area contributed by atoms with Crippen molar-refractivity contribution in [2.45, 2.75) is 51.2 Å². The molecule has 9 nitrogen and oxygen atoms in total. The molecule has 2 amide bonds. The van der Waals surface area contributed by atoms with Gasteiger partial charge in [-0.05, 0) is 54.3 Å². The summed E-state index contributed by atoms with van der Waals surface area (Å²) < 4.78 is 0. The number of aliphatic hydroxyl groups is 3. The van der Waals surface area contributed by atoms with Crippen LogP contribution >= 0.6 is 0 Å². The summed E-state index contributed by atoms with van der Waals surface area (Å²) in [5, 5.41) is 32.6. The molecule has 2 aliphatic heterocycles. The van der Waals surface area contributed by atoms with Crippen molar-refractivity contribution in [3.63, 3.8) is 0 Å². The quantitative estimate of drug-likeness (QED) is 0.383. The van der Waals surface area contributed by atoms with E-state index in [2.05, 4.69) is 5.32 Å². The van der Waals surface area contributed by atoms with Gasteiger partial charge < -0.3 is 36.2 Å². The summed E-state index contributed by atoms with van der Waals surface area (Å²) in [7, 11) is 0. The topological polar surface area (TPSA) is 139 Å². The Balaban J connectivity index is 1.55. The number of likely N-dealkylation sites (tertiary alicyclic amines) is 1. The second-order valence-corrected chi connectivity index (χ2v) is 9.95. The molecule has 0 aromatic heterocycles. The largest absolute Gasteiger partial charge is 0.392 e. The first kappa shape index (κ1) is 26.8. The van der Waals surface area contributed by atoms with Crippen LogP contribution in [0.25, 0.3) is 17.2 Å². The van der Waals surface area contributed by atoms with Gasteiger partial charge in [0.05, 0.1) is 24.5 Å². The van der Waals surface area contributed by atoms with Gasteiger partial charge in [-0.1, -0.05) is 31.2 Å². The van der Waals surface area contributed by atoms with Crippen LogP contribution in [-0.2, 0) is 4.79 Å². The summed E-state index contributed by atoms with van der Waals surface area (Å²) in [6.07, 6.45) is 0.125. The number of nitrogens with one attached hydrogen (secondary N) is 1. The van der Waals surface area contributed by atoms with E-state index in [0.717, 1.165) is 28.8 Å². The molecule has 2 aromatic rings. The molecule has 2 aliphatic rings. The third-order valence-electron chi connectivity index (χ3n) is 6.72. The summed E-state index contributed by atoms with van der Waals surface area (Å²) in [6, 6.07) is 13.1. The number of aliphatic hydroxyl groups excluding tert-OH is 3. The molecule has 2 aromatic carbocycles. The van der Waals surface area contributed by atoms with Crippen molar-refractivity contribution in [1.82, 2.24) is 9.80 Å². The first-order chi connectivity index (χ1) is 17.7. The minimum atomic E-state index is -0.917. The number of anilines is 1. The number of nitrogens with zero attached hydrogens (tertiary/aromatic N) is 2. The standard InChI is InChI=1S/C28H36N4O5/c1-3-10-31(14-17(2)33)28(37)22-11-21-9-8-20(12-23(21)30-26(29)13-22)18-4-6-19(7-5-18)27(36)32-15-24(34)25(35)16-32/h4-9,11-12,17,24-26,30,33-35H,3,10,13-16,29H2,1-2H3. The maximum Gasteiger partial charge on any atom is 0.254 e. The third kappa shape index (κ3) is 6.19. The smallest absolute Gasteiger partial charge is 0.254 e. The van der Waals surface area contributed by atoms with Gasteiger partial charge in [-0.3, -0.25) is 9.59 Å². The molecule has 4 atom stereocenters. The number of carbonyl (C=O) groups excluding carboxylic acids is 2. The molecule has 9 heteroatoms. The van der Waals surface area contributed by atoms with Crippen LogP contribution in [0.2, 0.25) is 0 Å². The Bertz CT molecular complexity index is 1150. The lowest BCUT2D eigenvalue weighted by molar-refractivity contribution is -0.128. The van der Waals surface area contributed by atoms with Crippen molar-refractivity contribution in [1.29, 1.82) is 0 Å². The molecule has 1 saturated heterocycles. The summed E-state index contributed by atoms with van der Waals surface area (Å²) in [6.45, 7) is 4.74. The maximum atomic E-state index is 13.2. The fourth-order valence-electron chi connectivity index (χ4n) is 4.86. The average Bonchev–Trinajstić information content (AvgIpc) is 3.10. The van der Waals surface area contributed by atoms with E-state index in [1.807, 2.05) is 43.3 Å². The zero-order chi connectivity index (χ0) is 26.7. The van der Waals surface area contributed by atoms with Gasteiger partial charge >= 0.3 is 0 Å². The first-order valence-corrected chi connectivity index (χ1v) is 12.8. The lowest BCUT2D eigenvalue weighted by Crippen LogP contribution is -2.39. The van der Waals surface area contributed by atoms with Crippen LogP contribution < -0.4 is 11.1 Å². The monoisotopic (exact) mass is 508 g/mol. The summed E-state index contributed by atoms with van der Waals surface area (Å²) in [4.78, 5) is 29.1. The van der Waals surface area contributed by atoms with Crippen LogP contribution in [0.1, 0.15) is 42.6 Å². The Kier molecular flexibility index (Phi) is 8.29. The van der Waals surface area contributed by atoms with Gasteiger partial charge in [-0.25, -0.2) is 0 Å². The molecule has 6 N–H and O–H groups in total. The van der Waals surface area contributed by atoms with Gasteiger partial charge in [0.2, 0.25) is 5.91 Å². The molecule has 0 aliphatic carbocycles. The van der Waals surface area contributed by atoms with Crippen LogP contribution in [0, 0.1) is 0 Å². The number of nitrogens with two attached hydrogens (primary N) is 1. The number of hydrogen-bond donors (Lipinski definition) is 5. The number of fused-ring (bicyclic) bond motifs is 1. The van der Waals surface area contributed by atoms with Crippen molar-refractivity contribution in [2.75, 3.05) is 31.5 Å². The average molecular weight is 509 g/mol. The van der Waals surface area contributed by atoms with Crippen LogP contribution in [0.5, 0.6) is 0 Å². The van der Waals surface area contributed by atoms with Gasteiger partial charge in [-0.2, -0.15) is 0 Å². The second kappa shape index (κ2) is 11.4. The van der Waals surface area contributed by atoms with Crippen molar-refractivity contribution in [2.24, 2.45) is 5.73 Å². The number of carbonyl (C=O) groups is 2.